The molecule has 0 fully saturated rings. The summed E-state index contributed by atoms with van der Waals surface area (Å²) in [5.74, 6) is -1.12. The Morgan fingerprint density at radius 2 is 1.95 bits per heavy atom. The van der Waals surface area contributed by atoms with Crippen LogP contribution in [0.3, 0.4) is 0 Å². The van der Waals surface area contributed by atoms with Crippen molar-refractivity contribution in [1.29, 1.82) is 0 Å². The number of hydrogen-bond donors (Lipinski definition) is 3. The Bertz CT molecular complexity index is 504. The summed E-state index contributed by atoms with van der Waals surface area (Å²) in [6, 6.07) is 4.48. The molecule has 3 N–H and O–H groups in total. The van der Waals surface area contributed by atoms with Gasteiger partial charge >= 0.3 is 12.0 Å². The second kappa shape index (κ2) is 6.12. The molecule has 5 nitrogen and oxygen atoms in total. The summed E-state index contributed by atoms with van der Waals surface area (Å²) in [5.41, 5.74) is -0.695. The number of nitrogens with one attached hydrogen (secondary N) is 2. The number of hydrogen-bond acceptors (Lipinski definition) is 2. The average molecular weight is 305 g/mol. The first-order valence-electron chi connectivity index (χ1n) is 5.46. The van der Waals surface area contributed by atoms with Gasteiger partial charge in [0.2, 0.25) is 0 Å². The molecule has 1 aromatic carbocycles. The van der Waals surface area contributed by atoms with Crippen LogP contribution in [0, 0.1) is 0 Å². The predicted molar refractivity (Wildman–Crippen MR) is 73.5 cm³/mol. The molecule has 0 saturated heterocycles. The van der Waals surface area contributed by atoms with Crippen LogP contribution in [0.2, 0.25) is 10.0 Å². The quantitative estimate of drug-likeness (QED) is 0.800. The van der Waals surface area contributed by atoms with Crippen LogP contribution in [0.4, 0.5) is 4.79 Å². The molecular weight excluding hydrogens is 291 g/mol. The second-order valence-corrected chi connectivity index (χ2v) is 5.24. The number of carbonyl (C=O) groups excluding carboxylic acids is 1. The van der Waals surface area contributed by atoms with Gasteiger partial charge in [-0.3, -0.25) is 0 Å². The summed E-state index contributed by atoms with van der Waals surface area (Å²) in [5, 5.41) is 14.5. The van der Waals surface area contributed by atoms with Crippen molar-refractivity contribution in [3.63, 3.8) is 0 Å². The van der Waals surface area contributed by atoms with Crippen LogP contribution < -0.4 is 10.6 Å². The lowest BCUT2D eigenvalue weighted by Gasteiger charge is -2.21. The van der Waals surface area contributed by atoms with Gasteiger partial charge in [-0.05, 0) is 25.5 Å². The van der Waals surface area contributed by atoms with E-state index in [1.54, 1.807) is 18.2 Å². The highest BCUT2D eigenvalue weighted by Gasteiger charge is 2.28. The molecule has 0 aliphatic heterocycles. The van der Waals surface area contributed by atoms with Crippen LogP contribution in [0.5, 0.6) is 0 Å². The molecule has 0 aliphatic rings. The highest BCUT2D eigenvalue weighted by Crippen LogP contribution is 2.25. The predicted octanol–water partition coefficient (Wildman–Crippen LogP) is 2.66. The lowest BCUT2D eigenvalue weighted by Crippen LogP contribution is -2.53. The number of carbonyl (C=O) groups is 2. The number of benzene rings is 1. The van der Waals surface area contributed by atoms with E-state index in [0.29, 0.717) is 15.6 Å². The highest BCUT2D eigenvalue weighted by atomic mass is 35.5. The Balaban J connectivity index is 2.60. The van der Waals surface area contributed by atoms with Crippen molar-refractivity contribution in [3.8, 4) is 0 Å². The third kappa shape index (κ3) is 4.29. The van der Waals surface area contributed by atoms with Crippen molar-refractivity contribution in [2.24, 2.45) is 0 Å². The molecule has 1 rings (SSSR count). The molecule has 0 unspecified atom stereocenters. The van der Waals surface area contributed by atoms with E-state index in [9.17, 15) is 9.59 Å². The molecule has 7 heteroatoms. The van der Waals surface area contributed by atoms with E-state index in [1.807, 2.05) is 0 Å². The van der Waals surface area contributed by atoms with E-state index in [2.05, 4.69) is 10.6 Å². The van der Waals surface area contributed by atoms with Gasteiger partial charge in [0.15, 0.2) is 0 Å². The van der Waals surface area contributed by atoms with Crippen molar-refractivity contribution in [2.45, 2.75) is 25.9 Å². The zero-order valence-electron chi connectivity index (χ0n) is 10.5. The number of aliphatic carboxylic acids is 1. The Hall–Kier alpha value is -1.46. The lowest BCUT2D eigenvalue weighted by molar-refractivity contribution is -0.142. The van der Waals surface area contributed by atoms with Gasteiger partial charge in [0, 0.05) is 6.54 Å². The smallest absolute Gasteiger partial charge is 0.328 e. The molecule has 0 atom stereocenters. The first kappa shape index (κ1) is 15.6. The van der Waals surface area contributed by atoms with Crippen LogP contribution in [0.25, 0.3) is 0 Å². The van der Waals surface area contributed by atoms with Crippen LogP contribution in [0.15, 0.2) is 18.2 Å². The first-order chi connectivity index (χ1) is 8.74. The molecule has 19 heavy (non-hydrogen) atoms. The zero-order chi connectivity index (χ0) is 14.6. The number of amides is 2. The average Bonchev–Trinajstić information content (AvgIpc) is 2.30. The van der Waals surface area contributed by atoms with Crippen molar-refractivity contribution in [1.82, 2.24) is 10.6 Å². The van der Waals surface area contributed by atoms with Gasteiger partial charge in [-0.15, -0.1) is 0 Å². The molecule has 0 spiro atoms. The van der Waals surface area contributed by atoms with E-state index < -0.39 is 17.5 Å². The Labute approximate surface area is 120 Å². The maximum Gasteiger partial charge on any atom is 0.328 e. The molecule has 0 heterocycles. The summed E-state index contributed by atoms with van der Waals surface area (Å²) in [6.45, 7) is 2.93. The third-order valence-electron chi connectivity index (χ3n) is 2.43. The van der Waals surface area contributed by atoms with Crippen molar-refractivity contribution < 1.29 is 14.7 Å². The molecule has 104 valence electrons. The second-order valence-electron chi connectivity index (χ2n) is 4.45. The van der Waals surface area contributed by atoms with Gasteiger partial charge < -0.3 is 15.7 Å². The minimum atomic E-state index is -1.35. The zero-order valence-corrected chi connectivity index (χ0v) is 12.0. The highest BCUT2D eigenvalue weighted by molar-refractivity contribution is 6.42. The van der Waals surface area contributed by atoms with Gasteiger partial charge in [0.25, 0.3) is 0 Å². The van der Waals surface area contributed by atoms with Crippen LogP contribution in [0.1, 0.15) is 19.4 Å². The molecule has 0 saturated carbocycles. The normalized spacial score (nSPS) is 10.9. The van der Waals surface area contributed by atoms with E-state index in [0.717, 1.165) is 0 Å². The summed E-state index contributed by atoms with van der Waals surface area (Å²) >= 11 is 11.8. The molecule has 0 aromatic heterocycles. The van der Waals surface area contributed by atoms with E-state index >= 15 is 0 Å². The topological polar surface area (TPSA) is 78.4 Å². The van der Waals surface area contributed by atoms with E-state index in [-0.39, 0.29) is 6.54 Å². The van der Waals surface area contributed by atoms with Crippen molar-refractivity contribution in [3.05, 3.63) is 33.8 Å². The fourth-order valence-corrected chi connectivity index (χ4v) is 1.63. The van der Waals surface area contributed by atoms with Crippen molar-refractivity contribution in [2.75, 3.05) is 0 Å². The summed E-state index contributed by atoms with van der Waals surface area (Å²) in [7, 11) is 0. The summed E-state index contributed by atoms with van der Waals surface area (Å²) in [6.07, 6.45) is 0. The van der Waals surface area contributed by atoms with Gasteiger partial charge in [-0.1, -0.05) is 35.3 Å². The number of halogens is 2. The summed E-state index contributed by atoms with van der Waals surface area (Å²) < 4.78 is 0. The Kier molecular flexibility index (Phi) is 5.03. The molecule has 2 amide bonds. The fraction of sp³-hybridized carbons (Fsp3) is 0.333. The number of rotatable bonds is 4. The fourth-order valence-electron chi connectivity index (χ4n) is 1.24. The van der Waals surface area contributed by atoms with Crippen molar-refractivity contribution >= 4 is 35.2 Å². The monoisotopic (exact) mass is 304 g/mol. The molecule has 1 aromatic rings. The minimum absolute atomic E-state index is 0.154. The van der Waals surface area contributed by atoms with Gasteiger partial charge in [0.05, 0.1) is 10.0 Å². The van der Waals surface area contributed by atoms with Crippen LogP contribution in [-0.4, -0.2) is 22.6 Å². The van der Waals surface area contributed by atoms with Crippen LogP contribution in [-0.2, 0) is 11.3 Å². The molecule has 0 bridgehead atoms. The van der Waals surface area contributed by atoms with Gasteiger partial charge in [-0.25, -0.2) is 9.59 Å². The Morgan fingerprint density at radius 1 is 1.32 bits per heavy atom. The lowest BCUT2D eigenvalue weighted by atomic mass is 10.1. The molecule has 0 aliphatic carbocycles. The maximum absolute atomic E-state index is 11.6. The summed E-state index contributed by atoms with van der Waals surface area (Å²) in [4.78, 5) is 22.4. The first-order valence-corrected chi connectivity index (χ1v) is 6.22. The largest absolute Gasteiger partial charge is 0.480 e. The van der Waals surface area contributed by atoms with E-state index in [4.69, 9.17) is 28.3 Å². The van der Waals surface area contributed by atoms with Crippen LogP contribution >= 0.6 is 23.2 Å². The number of carboxylic acid groups (broad SMARTS) is 1. The van der Waals surface area contributed by atoms with Gasteiger partial charge in [-0.2, -0.15) is 0 Å². The SMILES string of the molecule is CC(C)(NC(=O)NCc1cccc(Cl)c1Cl)C(=O)O. The third-order valence-corrected chi connectivity index (χ3v) is 3.29. The molecular formula is C12H14Cl2N2O3. The molecule has 0 radical (unpaired) electrons. The Morgan fingerprint density at radius 3 is 2.53 bits per heavy atom. The van der Waals surface area contributed by atoms with E-state index in [1.165, 1.54) is 13.8 Å². The standard InChI is InChI=1S/C12H14Cl2N2O3/c1-12(2,10(17)18)16-11(19)15-6-7-4-3-5-8(13)9(7)14/h3-5H,6H2,1-2H3,(H,17,18)(H2,15,16,19). The van der Waals surface area contributed by atoms with Gasteiger partial charge in [0.1, 0.15) is 5.54 Å². The maximum atomic E-state index is 11.6. The minimum Gasteiger partial charge on any atom is -0.480 e. The number of carboxylic acids is 1. The number of urea groups is 1.